The topological polar surface area (TPSA) is 67.9 Å². The van der Waals surface area contributed by atoms with Gasteiger partial charge >= 0.3 is 0 Å². The second-order valence-corrected chi connectivity index (χ2v) is 9.48. The first kappa shape index (κ1) is 26.9. The highest BCUT2D eigenvalue weighted by molar-refractivity contribution is 6.30. The first-order valence-corrected chi connectivity index (χ1v) is 13.0. The van der Waals surface area contributed by atoms with E-state index in [0.29, 0.717) is 37.4 Å². The fourth-order valence-electron chi connectivity index (χ4n) is 4.48. The lowest BCUT2D eigenvalue weighted by Gasteiger charge is -2.33. The van der Waals surface area contributed by atoms with Crippen molar-refractivity contribution in [2.24, 2.45) is 0 Å². The minimum Gasteiger partial charge on any atom is -0.497 e. The molecule has 1 saturated carbocycles. The number of methoxy groups -OCH3 is 1. The molecule has 1 N–H and O–H groups in total. The number of nitrogens with zero attached hydrogens (tertiary/aromatic N) is 1. The highest BCUT2D eigenvalue weighted by Crippen LogP contribution is 2.21. The van der Waals surface area contributed by atoms with E-state index in [2.05, 4.69) is 5.32 Å². The van der Waals surface area contributed by atoms with Crippen molar-refractivity contribution in [1.82, 2.24) is 10.2 Å². The molecule has 2 amide bonds. The van der Waals surface area contributed by atoms with Crippen molar-refractivity contribution in [3.05, 3.63) is 59.1 Å². The average Bonchev–Trinajstić information content (AvgIpc) is 2.88. The van der Waals surface area contributed by atoms with Crippen LogP contribution in [0.2, 0.25) is 5.02 Å². The molecule has 1 fully saturated rings. The normalized spacial score (nSPS) is 14.7. The molecular formula is C28H37ClN2O4. The van der Waals surface area contributed by atoms with Gasteiger partial charge in [-0.15, -0.1) is 0 Å². The van der Waals surface area contributed by atoms with E-state index in [-0.39, 0.29) is 17.9 Å². The fraction of sp³-hybridized carbons (Fsp3) is 0.500. The molecule has 0 saturated heterocycles. The van der Waals surface area contributed by atoms with E-state index in [0.717, 1.165) is 42.7 Å². The minimum atomic E-state index is -0.511. The van der Waals surface area contributed by atoms with Crippen LogP contribution in [-0.4, -0.2) is 42.5 Å². The Bertz CT molecular complexity index is 927. The Labute approximate surface area is 213 Å². The van der Waals surface area contributed by atoms with Gasteiger partial charge in [-0.3, -0.25) is 9.59 Å². The van der Waals surface area contributed by atoms with Gasteiger partial charge in [0.05, 0.1) is 13.7 Å². The molecule has 1 atom stereocenters. The van der Waals surface area contributed by atoms with Gasteiger partial charge in [-0.1, -0.05) is 49.9 Å². The van der Waals surface area contributed by atoms with Crippen LogP contribution >= 0.6 is 11.6 Å². The van der Waals surface area contributed by atoms with Crippen LogP contribution in [0.3, 0.4) is 0 Å². The van der Waals surface area contributed by atoms with Crippen LogP contribution in [0.15, 0.2) is 48.5 Å². The second kappa shape index (κ2) is 14.0. The molecule has 6 nitrogen and oxygen atoms in total. The zero-order valence-corrected chi connectivity index (χ0v) is 21.6. The van der Waals surface area contributed by atoms with Gasteiger partial charge in [0.1, 0.15) is 17.5 Å². The highest BCUT2D eigenvalue weighted by Gasteiger charge is 2.30. The van der Waals surface area contributed by atoms with Gasteiger partial charge in [-0.05, 0) is 67.6 Å². The maximum Gasteiger partial charge on any atom is 0.243 e. The molecule has 35 heavy (non-hydrogen) atoms. The van der Waals surface area contributed by atoms with Crippen molar-refractivity contribution in [3.63, 3.8) is 0 Å². The number of benzene rings is 2. The third-order valence-electron chi connectivity index (χ3n) is 6.47. The summed E-state index contributed by atoms with van der Waals surface area (Å²) in [7, 11) is 1.62. The van der Waals surface area contributed by atoms with Crippen LogP contribution in [0.25, 0.3) is 0 Å². The lowest BCUT2D eigenvalue weighted by Crippen LogP contribution is -2.51. The summed E-state index contributed by atoms with van der Waals surface area (Å²) in [5, 5.41) is 3.85. The van der Waals surface area contributed by atoms with Crippen molar-refractivity contribution < 1.29 is 19.1 Å². The van der Waals surface area contributed by atoms with Crippen LogP contribution in [0.5, 0.6) is 11.5 Å². The highest BCUT2D eigenvalue weighted by atomic mass is 35.5. The first-order chi connectivity index (χ1) is 17.0. The molecule has 0 aromatic heterocycles. The van der Waals surface area contributed by atoms with Gasteiger partial charge < -0.3 is 19.7 Å². The monoisotopic (exact) mass is 500 g/mol. The van der Waals surface area contributed by atoms with Gasteiger partial charge in [0.2, 0.25) is 11.8 Å². The summed E-state index contributed by atoms with van der Waals surface area (Å²) >= 11 is 6.05. The number of carbonyl (C=O) groups excluding carboxylic acids is 2. The Balaban J connectivity index is 1.62. The maximum absolute atomic E-state index is 13.4. The zero-order chi connectivity index (χ0) is 25.0. The van der Waals surface area contributed by atoms with Crippen LogP contribution in [0.4, 0.5) is 0 Å². The number of ether oxygens (including phenoxy) is 2. The number of hydrogen-bond acceptors (Lipinski definition) is 4. The predicted octanol–water partition coefficient (Wildman–Crippen LogP) is 5.76. The van der Waals surface area contributed by atoms with Crippen LogP contribution < -0.4 is 14.8 Å². The second-order valence-electron chi connectivity index (χ2n) is 9.04. The van der Waals surface area contributed by atoms with Gasteiger partial charge in [-0.25, -0.2) is 0 Å². The quantitative estimate of drug-likeness (QED) is 0.376. The third-order valence-corrected chi connectivity index (χ3v) is 6.72. The SMILES string of the molecule is CC[C@H](C(=O)NC1CCCCC1)N(Cc1ccc(Cl)cc1)C(=O)CCCOc1ccc(OC)cc1. The molecule has 0 unspecified atom stereocenters. The number of nitrogens with one attached hydrogen (secondary N) is 1. The summed E-state index contributed by atoms with van der Waals surface area (Å²) in [4.78, 5) is 28.3. The molecule has 0 bridgehead atoms. The van der Waals surface area contributed by atoms with Crippen LogP contribution in [0, 0.1) is 0 Å². The van der Waals surface area contributed by atoms with E-state index in [4.69, 9.17) is 21.1 Å². The van der Waals surface area contributed by atoms with Gasteiger partial charge in [0, 0.05) is 24.0 Å². The molecule has 2 aromatic rings. The number of hydrogen-bond donors (Lipinski definition) is 1. The summed E-state index contributed by atoms with van der Waals surface area (Å²) < 4.78 is 10.9. The molecule has 190 valence electrons. The molecule has 7 heteroatoms. The lowest BCUT2D eigenvalue weighted by atomic mass is 9.95. The van der Waals surface area contributed by atoms with Gasteiger partial charge in [-0.2, -0.15) is 0 Å². The van der Waals surface area contributed by atoms with E-state index < -0.39 is 6.04 Å². The van der Waals surface area contributed by atoms with Crippen molar-refractivity contribution in [3.8, 4) is 11.5 Å². The largest absolute Gasteiger partial charge is 0.497 e. The Hall–Kier alpha value is -2.73. The van der Waals surface area contributed by atoms with Gasteiger partial charge in [0.15, 0.2) is 0 Å². The Kier molecular flexibility index (Phi) is 10.7. The molecule has 0 aliphatic heterocycles. The summed E-state index contributed by atoms with van der Waals surface area (Å²) in [5.41, 5.74) is 0.946. The third kappa shape index (κ3) is 8.46. The van der Waals surface area contributed by atoms with E-state index >= 15 is 0 Å². The number of amides is 2. The Morgan fingerprint density at radius 1 is 1.03 bits per heavy atom. The number of rotatable bonds is 12. The zero-order valence-electron chi connectivity index (χ0n) is 20.8. The van der Waals surface area contributed by atoms with Crippen LogP contribution in [0.1, 0.15) is 63.9 Å². The fourth-order valence-corrected chi connectivity index (χ4v) is 4.61. The van der Waals surface area contributed by atoms with Crippen molar-refractivity contribution in [1.29, 1.82) is 0 Å². The van der Waals surface area contributed by atoms with Crippen LogP contribution in [-0.2, 0) is 16.1 Å². The molecule has 0 spiro atoms. The molecule has 3 rings (SSSR count). The molecule has 1 aliphatic carbocycles. The molecule has 1 aliphatic rings. The maximum atomic E-state index is 13.4. The van der Waals surface area contributed by atoms with Crippen molar-refractivity contribution in [2.75, 3.05) is 13.7 Å². The first-order valence-electron chi connectivity index (χ1n) is 12.6. The van der Waals surface area contributed by atoms with E-state index in [1.165, 1.54) is 6.42 Å². The minimum absolute atomic E-state index is 0.0519. The molecular weight excluding hydrogens is 464 g/mol. The summed E-state index contributed by atoms with van der Waals surface area (Å²) in [5.74, 6) is 1.39. The van der Waals surface area contributed by atoms with E-state index in [9.17, 15) is 9.59 Å². The van der Waals surface area contributed by atoms with E-state index in [1.54, 1.807) is 12.0 Å². The standard InChI is InChI=1S/C28H37ClN2O4/c1-3-26(28(33)30-23-8-5-4-6-9-23)31(20-21-11-13-22(29)14-12-21)27(32)10-7-19-35-25-17-15-24(34-2)16-18-25/h11-18,23,26H,3-10,19-20H2,1-2H3,(H,30,33)/t26-/m1/s1. The average molecular weight is 501 g/mol. The smallest absolute Gasteiger partial charge is 0.243 e. The Morgan fingerprint density at radius 2 is 1.69 bits per heavy atom. The number of halogens is 1. The predicted molar refractivity (Wildman–Crippen MR) is 139 cm³/mol. The van der Waals surface area contributed by atoms with Crippen molar-refractivity contribution >= 4 is 23.4 Å². The van der Waals surface area contributed by atoms with E-state index in [1.807, 2.05) is 55.5 Å². The molecule has 0 heterocycles. The summed E-state index contributed by atoms with van der Waals surface area (Å²) in [6.45, 7) is 2.74. The lowest BCUT2D eigenvalue weighted by molar-refractivity contribution is -0.142. The van der Waals surface area contributed by atoms with Gasteiger partial charge in [0.25, 0.3) is 0 Å². The summed E-state index contributed by atoms with van der Waals surface area (Å²) in [6, 6.07) is 14.5. The molecule has 0 radical (unpaired) electrons. The van der Waals surface area contributed by atoms with Crippen molar-refractivity contribution in [2.45, 2.75) is 76.9 Å². The summed E-state index contributed by atoms with van der Waals surface area (Å²) in [6.07, 6.45) is 6.95. The number of carbonyl (C=O) groups is 2. The molecule has 2 aromatic carbocycles. The Morgan fingerprint density at radius 3 is 2.31 bits per heavy atom.